The van der Waals surface area contributed by atoms with Gasteiger partial charge in [-0.05, 0) is 31.2 Å². The molecule has 0 fully saturated rings. The van der Waals surface area contributed by atoms with Crippen LogP contribution in [0.25, 0.3) is 10.9 Å². The number of anilines is 2. The Labute approximate surface area is 153 Å². The van der Waals surface area contributed by atoms with Gasteiger partial charge in [-0.25, -0.2) is 9.18 Å². The first-order valence-corrected chi connectivity index (χ1v) is 8.02. The van der Waals surface area contributed by atoms with Crippen LogP contribution in [-0.2, 0) is 4.74 Å². The van der Waals surface area contributed by atoms with Gasteiger partial charge in [-0.15, -0.1) is 0 Å². The number of nitrogens with zero attached hydrogens (tertiary/aromatic N) is 1. The van der Waals surface area contributed by atoms with Crippen molar-refractivity contribution < 1.29 is 23.6 Å². The number of benzene rings is 2. The van der Waals surface area contributed by atoms with Crippen molar-refractivity contribution in [1.29, 1.82) is 0 Å². The minimum atomic E-state index is -0.614. The predicted octanol–water partition coefficient (Wildman–Crippen LogP) is 4.14. The van der Waals surface area contributed by atoms with Gasteiger partial charge in [0.25, 0.3) is 5.69 Å². The summed E-state index contributed by atoms with van der Waals surface area (Å²) >= 11 is 0. The van der Waals surface area contributed by atoms with Gasteiger partial charge in [-0.3, -0.25) is 10.1 Å². The minimum absolute atomic E-state index is 0.0550. The first-order valence-electron chi connectivity index (χ1n) is 8.02. The number of carbonyl (C=O) groups excluding carboxylic acids is 1. The van der Waals surface area contributed by atoms with Crippen molar-refractivity contribution in [3.63, 3.8) is 0 Å². The van der Waals surface area contributed by atoms with Gasteiger partial charge >= 0.3 is 5.97 Å². The van der Waals surface area contributed by atoms with E-state index in [2.05, 4.69) is 10.3 Å². The zero-order valence-electron chi connectivity index (χ0n) is 14.5. The standard InChI is InChI=1S/C18H16FN3O5/c1-3-27-18(23)14-9-11-13(6-7-15(22(24)25)17(11)21-14)20-10-4-5-12(19)16(8-10)26-2/h4-9,20-21H,3H2,1-2H3. The Kier molecular flexibility index (Phi) is 4.93. The van der Waals surface area contributed by atoms with Crippen LogP contribution in [0, 0.1) is 15.9 Å². The van der Waals surface area contributed by atoms with Crippen molar-refractivity contribution in [3.05, 3.63) is 58.0 Å². The molecule has 0 saturated carbocycles. The lowest BCUT2D eigenvalue weighted by atomic mass is 10.1. The Morgan fingerprint density at radius 1 is 1.30 bits per heavy atom. The van der Waals surface area contributed by atoms with Gasteiger partial charge in [-0.1, -0.05) is 0 Å². The summed E-state index contributed by atoms with van der Waals surface area (Å²) in [6.07, 6.45) is 0. The van der Waals surface area contributed by atoms with Crippen LogP contribution in [0.2, 0.25) is 0 Å². The number of carbonyl (C=O) groups is 1. The highest BCUT2D eigenvalue weighted by atomic mass is 19.1. The van der Waals surface area contributed by atoms with Crippen molar-refractivity contribution in [2.24, 2.45) is 0 Å². The molecule has 2 aromatic carbocycles. The molecule has 8 nitrogen and oxygen atoms in total. The van der Waals surface area contributed by atoms with Gasteiger partial charge in [0.15, 0.2) is 11.6 Å². The number of hydrogen-bond donors (Lipinski definition) is 2. The van der Waals surface area contributed by atoms with Gasteiger partial charge in [0.05, 0.1) is 18.6 Å². The summed E-state index contributed by atoms with van der Waals surface area (Å²) in [6, 6.07) is 8.51. The molecule has 3 rings (SSSR count). The molecule has 0 radical (unpaired) electrons. The van der Waals surface area contributed by atoms with E-state index in [1.54, 1.807) is 6.92 Å². The summed E-state index contributed by atoms with van der Waals surface area (Å²) in [7, 11) is 1.35. The molecule has 0 saturated heterocycles. The third-order valence-corrected chi connectivity index (χ3v) is 3.89. The Morgan fingerprint density at radius 3 is 2.74 bits per heavy atom. The fourth-order valence-corrected chi connectivity index (χ4v) is 2.68. The number of rotatable bonds is 6. The predicted molar refractivity (Wildman–Crippen MR) is 97.1 cm³/mol. The number of non-ortho nitro benzene ring substituents is 1. The van der Waals surface area contributed by atoms with Crippen LogP contribution in [0.1, 0.15) is 17.4 Å². The normalized spacial score (nSPS) is 10.6. The van der Waals surface area contributed by atoms with Crippen molar-refractivity contribution in [2.75, 3.05) is 19.0 Å². The fraction of sp³-hybridized carbons (Fsp3) is 0.167. The maximum absolute atomic E-state index is 13.6. The SMILES string of the molecule is CCOC(=O)c1cc2c(Nc3ccc(F)c(OC)c3)ccc([N+](=O)[O-])c2[nH]1. The van der Waals surface area contributed by atoms with Crippen molar-refractivity contribution >= 4 is 33.9 Å². The minimum Gasteiger partial charge on any atom is -0.494 e. The number of fused-ring (bicyclic) bond motifs is 1. The van der Waals surface area contributed by atoms with E-state index in [1.807, 2.05) is 0 Å². The smallest absolute Gasteiger partial charge is 0.354 e. The highest BCUT2D eigenvalue weighted by molar-refractivity contribution is 6.04. The summed E-state index contributed by atoms with van der Waals surface area (Å²) in [5.74, 6) is -1.07. The molecule has 27 heavy (non-hydrogen) atoms. The fourth-order valence-electron chi connectivity index (χ4n) is 2.68. The number of H-pyrrole nitrogens is 1. The maximum Gasteiger partial charge on any atom is 0.354 e. The number of aromatic nitrogens is 1. The number of nitrogens with one attached hydrogen (secondary N) is 2. The third-order valence-electron chi connectivity index (χ3n) is 3.89. The van der Waals surface area contributed by atoms with Crippen LogP contribution in [0.15, 0.2) is 36.4 Å². The number of nitro benzene ring substituents is 1. The van der Waals surface area contributed by atoms with Gasteiger partial charge in [0, 0.05) is 28.9 Å². The Bertz CT molecular complexity index is 1030. The van der Waals surface area contributed by atoms with Crippen molar-refractivity contribution in [3.8, 4) is 5.75 Å². The first kappa shape index (κ1) is 18.2. The first-order chi connectivity index (χ1) is 12.9. The Balaban J connectivity index is 2.09. The van der Waals surface area contributed by atoms with E-state index < -0.39 is 16.7 Å². The molecule has 1 aromatic heterocycles. The molecule has 0 atom stereocenters. The molecule has 9 heteroatoms. The molecule has 0 amide bonds. The molecular weight excluding hydrogens is 357 g/mol. The average molecular weight is 373 g/mol. The molecule has 2 N–H and O–H groups in total. The summed E-state index contributed by atoms with van der Waals surface area (Å²) in [5, 5.41) is 14.8. The Hall–Kier alpha value is -3.62. The van der Waals surface area contributed by atoms with Crippen LogP contribution in [-0.4, -0.2) is 29.6 Å². The summed E-state index contributed by atoms with van der Waals surface area (Å²) < 4.78 is 23.5. The van der Waals surface area contributed by atoms with Crippen LogP contribution in [0.4, 0.5) is 21.5 Å². The van der Waals surface area contributed by atoms with Crippen LogP contribution in [0.5, 0.6) is 5.75 Å². The van der Waals surface area contributed by atoms with E-state index in [0.717, 1.165) is 0 Å². The highest BCUT2D eigenvalue weighted by Crippen LogP contribution is 2.34. The number of hydrogen-bond acceptors (Lipinski definition) is 6. The molecule has 0 spiro atoms. The van der Waals surface area contributed by atoms with Crippen molar-refractivity contribution in [1.82, 2.24) is 4.98 Å². The van der Waals surface area contributed by atoms with E-state index in [1.165, 1.54) is 43.5 Å². The summed E-state index contributed by atoms with van der Waals surface area (Å²) in [5.41, 5.74) is 1.11. The third kappa shape index (κ3) is 3.52. The molecule has 0 aliphatic carbocycles. The molecule has 0 bridgehead atoms. The van der Waals surface area contributed by atoms with Gasteiger partial charge in [-0.2, -0.15) is 0 Å². The van der Waals surface area contributed by atoms with Gasteiger partial charge < -0.3 is 19.8 Å². The molecule has 3 aromatic rings. The molecule has 0 unspecified atom stereocenters. The molecule has 1 heterocycles. The Morgan fingerprint density at radius 2 is 2.07 bits per heavy atom. The average Bonchev–Trinajstić information content (AvgIpc) is 3.09. The molecule has 0 aliphatic heterocycles. The van der Waals surface area contributed by atoms with E-state index in [0.29, 0.717) is 16.8 Å². The molecule has 140 valence electrons. The maximum atomic E-state index is 13.6. The largest absolute Gasteiger partial charge is 0.494 e. The number of halogens is 1. The van der Waals surface area contributed by atoms with E-state index in [4.69, 9.17) is 9.47 Å². The van der Waals surface area contributed by atoms with E-state index in [9.17, 15) is 19.3 Å². The van der Waals surface area contributed by atoms with Crippen LogP contribution < -0.4 is 10.1 Å². The van der Waals surface area contributed by atoms with Gasteiger partial charge in [0.2, 0.25) is 0 Å². The quantitative estimate of drug-likeness (QED) is 0.382. The second kappa shape index (κ2) is 7.32. The van der Waals surface area contributed by atoms with Crippen LogP contribution >= 0.6 is 0 Å². The lowest BCUT2D eigenvalue weighted by Gasteiger charge is -2.10. The zero-order chi connectivity index (χ0) is 19.6. The second-order valence-electron chi connectivity index (χ2n) is 5.56. The van der Waals surface area contributed by atoms with Crippen LogP contribution in [0.3, 0.4) is 0 Å². The lowest BCUT2D eigenvalue weighted by molar-refractivity contribution is -0.383. The number of ether oxygens (including phenoxy) is 2. The zero-order valence-corrected chi connectivity index (χ0v) is 14.5. The number of methoxy groups -OCH3 is 1. The molecular formula is C18H16FN3O5. The van der Waals surface area contributed by atoms with E-state index >= 15 is 0 Å². The number of nitro groups is 1. The highest BCUT2D eigenvalue weighted by Gasteiger charge is 2.20. The number of aromatic amines is 1. The lowest BCUT2D eigenvalue weighted by Crippen LogP contribution is -2.04. The second-order valence-corrected chi connectivity index (χ2v) is 5.56. The monoisotopic (exact) mass is 373 g/mol. The van der Waals surface area contributed by atoms with Gasteiger partial charge in [0.1, 0.15) is 11.2 Å². The molecule has 0 aliphatic rings. The van der Waals surface area contributed by atoms with E-state index in [-0.39, 0.29) is 29.3 Å². The summed E-state index contributed by atoms with van der Waals surface area (Å²) in [6.45, 7) is 1.84. The summed E-state index contributed by atoms with van der Waals surface area (Å²) in [4.78, 5) is 25.5. The van der Waals surface area contributed by atoms with Crippen molar-refractivity contribution in [2.45, 2.75) is 6.92 Å². The number of esters is 1. The topological polar surface area (TPSA) is 106 Å².